The Hall–Kier alpha value is -2.54. The number of carbonyl (C=O) groups excluding carboxylic acids is 1. The molecule has 1 N–H and O–H groups in total. The number of hydrogen-bond acceptors (Lipinski definition) is 4. The molecule has 2 aromatic carbocycles. The van der Waals surface area contributed by atoms with E-state index in [4.69, 9.17) is 4.74 Å². The summed E-state index contributed by atoms with van der Waals surface area (Å²) >= 11 is 0. The third-order valence-electron chi connectivity index (χ3n) is 4.08. The fourth-order valence-corrected chi connectivity index (χ4v) is 4.15. The fraction of sp³-hybridized carbons (Fsp3) is 0.381. The molecule has 0 aromatic heterocycles. The van der Waals surface area contributed by atoms with Crippen LogP contribution in [0.4, 0.5) is 5.69 Å². The first-order chi connectivity index (χ1) is 13.2. The number of ether oxygens (including phenoxy) is 1. The summed E-state index contributed by atoms with van der Waals surface area (Å²) in [5.41, 5.74) is 1.35. The SMILES string of the molecule is CC[C@H](C(=O)NCc1cccc(OC(C)C)c1)N(c1ccccc1)S(C)(=O)=O. The smallest absolute Gasteiger partial charge is 0.244 e. The molecule has 0 aliphatic heterocycles. The van der Waals surface area contributed by atoms with E-state index in [9.17, 15) is 13.2 Å². The van der Waals surface area contributed by atoms with Gasteiger partial charge in [0.2, 0.25) is 15.9 Å². The molecule has 0 saturated heterocycles. The standard InChI is InChI=1S/C21H28N2O4S/c1-5-20(23(28(4,25)26)18-11-7-6-8-12-18)21(24)22-15-17-10-9-13-19(14-17)27-16(2)3/h6-14,16,20H,5,15H2,1-4H3,(H,22,24)/t20-/m1/s1. The minimum Gasteiger partial charge on any atom is -0.491 e. The van der Waals surface area contributed by atoms with Gasteiger partial charge < -0.3 is 10.1 Å². The fourth-order valence-electron chi connectivity index (χ4n) is 2.94. The highest BCUT2D eigenvalue weighted by Gasteiger charge is 2.31. The van der Waals surface area contributed by atoms with Crippen LogP contribution in [0.1, 0.15) is 32.8 Å². The Labute approximate surface area is 167 Å². The number of benzene rings is 2. The van der Waals surface area contributed by atoms with Crippen molar-refractivity contribution in [2.75, 3.05) is 10.6 Å². The lowest BCUT2D eigenvalue weighted by Crippen LogP contribution is -2.49. The highest BCUT2D eigenvalue weighted by atomic mass is 32.2. The molecule has 0 aliphatic carbocycles. The predicted octanol–water partition coefficient (Wildman–Crippen LogP) is 3.33. The number of sulfonamides is 1. The minimum atomic E-state index is -3.62. The van der Waals surface area contributed by atoms with Crippen LogP contribution in [0, 0.1) is 0 Å². The summed E-state index contributed by atoms with van der Waals surface area (Å²) in [5, 5.41) is 2.85. The Balaban J connectivity index is 2.16. The maximum atomic E-state index is 12.8. The van der Waals surface area contributed by atoms with E-state index in [-0.39, 0.29) is 18.6 Å². The molecule has 0 aliphatic rings. The second kappa shape index (κ2) is 9.59. The van der Waals surface area contributed by atoms with Gasteiger partial charge in [-0.3, -0.25) is 9.10 Å². The minimum absolute atomic E-state index is 0.0588. The first kappa shape index (κ1) is 21.8. The predicted molar refractivity (Wildman–Crippen MR) is 112 cm³/mol. The molecule has 0 radical (unpaired) electrons. The van der Waals surface area contributed by atoms with Crippen LogP contribution >= 0.6 is 0 Å². The Kier molecular flexibility index (Phi) is 7.45. The number of para-hydroxylation sites is 1. The van der Waals surface area contributed by atoms with Crippen molar-refractivity contribution in [3.05, 3.63) is 60.2 Å². The monoisotopic (exact) mass is 404 g/mol. The van der Waals surface area contributed by atoms with Gasteiger partial charge in [-0.05, 0) is 50.1 Å². The van der Waals surface area contributed by atoms with Crippen LogP contribution in [-0.4, -0.2) is 32.7 Å². The molecule has 2 rings (SSSR count). The lowest BCUT2D eigenvalue weighted by molar-refractivity contribution is -0.122. The highest BCUT2D eigenvalue weighted by Crippen LogP contribution is 2.22. The zero-order chi connectivity index (χ0) is 20.7. The summed E-state index contributed by atoms with van der Waals surface area (Å²) in [7, 11) is -3.62. The molecule has 28 heavy (non-hydrogen) atoms. The molecule has 2 aromatic rings. The molecule has 0 unspecified atom stereocenters. The molecule has 6 nitrogen and oxygen atoms in total. The number of carbonyl (C=O) groups is 1. The molecule has 0 spiro atoms. The molecule has 1 atom stereocenters. The maximum Gasteiger partial charge on any atom is 0.244 e. The summed E-state index contributed by atoms with van der Waals surface area (Å²) in [4.78, 5) is 12.8. The number of hydrogen-bond donors (Lipinski definition) is 1. The quantitative estimate of drug-likeness (QED) is 0.696. The lowest BCUT2D eigenvalue weighted by Gasteiger charge is -2.30. The first-order valence-corrected chi connectivity index (χ1v) is 11.1. The molecular formula is C21H28N2O4S. The van der Waals surface area contributed by atoms with E-state index in [1.54, 1.807) is 37.3 Å². The van der Waals surface area contributed by atoms with Crippen LogP contribution < -0.4 is 14.4 Å². The van der Waals surface area contributed by atoms with Gasteiger partial charge in [-0.1, -0.05) is 37.3 Å². The highest BCUT2D eigenvalue weighted by molar-refractivity contribution is 7.92. The van der Waals surface area contributed by atoms with Crippen molar-refractivity contribution in [2.45, 2.75) is 45.9 Å². The third kappa shape index (κ3) is 5.99. The van der Waals surface area contributed by atoms with Crippen LogP contribution in [0.15, 0.2) is 54.6 Å². The maximum absolute atomic E-state index is 12.8. The lowest BCUT2D eigenvalue weighted by atomic mass is 10.1. The summed E-state index contributed by atoms with van der Waals surface area (Å²) in [6.45, 7) is 5.98. The molecule has 0 saturated carbocycles. The van der Waals surface area contributed by atoms with Crippen LogP contribution in [0.5, 0.6) is 5.75 Å². The van der Waals surface area contributed by atoms with Crippen molar-refractivity contribution in [3.63, 3.8) is 0 Å². The number of nitrogens with zero attached hydrogens (tertiary/aromatic N) is 1. The topological polar surface area (TPSA) is 75.7 Å². The number of rotatable bonds is 9. The number of nitrogens with one attached hydrogen (secondary N) is 1. The number of amides is 1. The van der Waals surface area contributed by atoms with E-state index >= 15 is 0 Å². The molecule has 0 bridgehead atoms. The van der Waals surface area contributed by atoms with Gasteiger partial charge >= 0.3 is 0 Å². The largest absolute Gasteiger partial charge is 0.491 e. The summed E-state index contributed by atoms with van der Waals surface area (Å²) < 4.78 is 31.6. The second-order valence-corrected chi connectivity index (χ2v) is 8.71. The van der Waals surface area contributed by atoms with Crippen molar-refractivity contribution in [1.82, 2.24) is 5.32 Å². The van der Waals surface area contributed by atoms with E-state index in [2.05, 4.69) is 5.32 Å². The van der Waals surface area contributed by atoms with Crippen molar-refractivity contribution in [1.29, 1.82) is 0 Å². The van der Waals surface area contributed by atoms with E-state index < -0.39 is 16.1 Å². The molecular weight excluding hydrogens is 376 g/mol. The molecule has 7 heteroatoms. The van der Waals surface area contributed by atoms with Gasteiger partial charge in [0.1, 0.15) is 11.8 Å². The summed E-state index contributed by atoms with van der Waals surface area (Å²) in [6, 6.07) is 15.3. The molecule has 0 heterocycles. The van der Waals surface area contributed by atoms with Crippen molar-refractivity contribution >= 4 is 21.6 Å². The van der Waals surface area contributed by atoms with Crippen molar-refractivity contribution < 1.29 is 17.9 Å². The van der Waals surface area contributed by atoms with Crippen LogP contribution in [-0.2, 0) is 21.4 Å². The van der Waals surface area contributed by atoms with Gasteiger partial charge in [-0.15, -0.1) is 0 Å². The van der Waals surface area contributed by atoms with Gasteiger partial charge in [0.15, 0.2) is 0 Å². The molecule has 1 amide bonds. The van der Waals surface area contributed by atoms with Gasteiger partial charge in [-0.2, -0.15) is 0 Å². The zero-order valence-electron chi connectivity index (χ0n) is 16.8. The average molecular weight is 405 g/mol. The molecule has 0 fully saturated rings. The van der Waals surface area contributed by atoms with Crippen LogP contribution in [0.3, 0.4) is 0 Å². The summed E-state index contributed by atoms with van der Waals surface area (Å²) in [5.74, 6) is 0.391. The Bertz CT molecular complexity index is 882. The van der Waals surface area contributed by atoms with E-state index in [0.717, 1.165) is 17.6 Å². The average Bonchev–Trinajstić information content (AvgIpc) is 2.63. The van der Waals surface area contributed by atoms with Crippen LogP contribution in [0.2, 0.25) is 0 Å². The second-order valence-electron chi connectivity index (χ2n) is 6.85. The van der Waals surface area contributed by atoms with E-state index in [1.807, 2.05) is 38.1 Å². The van der Waals surface area contributed by atoms with Gasteiger partial charge in [0, 0.05) is 6.54 Å². The molecule has 152 valence electrons. The zero-order valence-corrected chi connectivity index (χ0v) is 17.6. The first-order valence-electron chi connectivity index (χ1n) is 9.30. The third-order valence-corrected chi connectivity index (χ3v) is 5.26. The van der Waals surface area contributed by atoms with Crippen LogP contribution in [0.25, 0.3) is 0 Å². The van der Waals surface area contributed by atoms with Crippen molar-refractivity contribution in [2.24, 2.45) is 0 Å². The van der Waals surface area contributed by atoms with E-state index in [0.29, 0.717) is 12.1 Å². The van der Waals surface area contributed by atoms with E-state index in [1.165, 1.54) is 4.31 Å². The number of anilines is 1. The van der Waals surface area contributed by atoms with Gasteiger partial charge in [0.05, 0.1) is 18.0 Å². The van der Waals surface area contributed by atoms with Gasteiger partial charge in [0.25, 0.3) is 0 Å². The van der Waals surface area contributed by atoms with Crippen molar-refractivity contribution in [3.8, 4) is 5.75 Å². The normalized spacial score (nSPS) is 12.5. The van der Waals surface area contributed by atoms with Gasteiger partial charge in [-0.25, -0.2) is 8.42 Å². The summed E-state index contributed by atoms with van der Waals surface area (Å²) in [6.07, 6.45) is 1.52. The Morgan fingerprint density at radius 3 is 2.36 bits per heavy atom. The Morgan fingerprint density at radius 2 is 1.79 bits per heavy atom. The Morgan fingerprint density at radius 1 is 1.11 bits per heavy atom.